The molecular formula is C14H15N3OS. The fourth-order valence-electron chi connectivity index (χ4n) is 2.15. The molecule has 5 heteroatoms. The largest absolute Gasteiger partial charge is 0.450 e. The van der Waals surface area contributed by atoms with Crippen molar-refractivity contribution < 1.29 is 4.42 Å². The number of hydrogen-bond donors (Lipinski definition) is 1. The fourth-order valence-corrected chi connectivity index (χ4v) is 2.73. The molecule has 0 bridgehead atoms. The van der Waals surface area contributed by atoms with E-state index >= 15 is 0 Å². The van der Waals surface area contributed by atoms with Crippen LogP contribution < -0.4 is 5.32 Å². The maximum absolute atomic E-state index is 5.87. The van der Waals surface area contributed by atoms with E-state index in [-0.39, 0.29) is 0 Å². The quantitative estimate of drug-likeness (QED) is 0.788. The van der Waals surface area contributed by atoms with Gasteiger partial charge in [0.1, 0.15) is 17.4 Å². The maximum Gasteiger partial charge on any atom is 0.196 e. The molecule has 0 saturated carbocycles. The number of thioether (sulfide) groups is 1. The fraction of sp³-hybridized carbons (Fsp3) is 0.286. The van der Waals surface area contributed by atoms with Crippen molar-refractivity contribution in [2.24, 2.45) is 0 Å². The van der Waals surface area contributed by atoms with E-state index in [1.807, 2.05) is 24.3 Å². The Morgan fingerprint density at radius 3 is 3.00 bits per heavy atom. The Balaban J connectivity index is 2.10. The number of fused-ring (bicyclic) bond motifs is 3. The van der Waals surface area contributed by atoms with Crippen molar-refractivity contribution in [3.05, 3.63) is 30.6 Å². The molecule has 98 valence electrons. The third-order valence-electron chi connectivity index (χ3n) is 2.96. The summed E-state index contributed by atoms with van der Waals surface area (Å²) in [5.41, 5.74) is 2.44. The summed E-state index contributed by atoms with van der Waals surface area (Å²) in [5.74, 6) is 1.79. The van der Waals surface area contributed by atoms with Gasteiger partial charge >= 0.3 is 0 Å². The van der Waals surface area contributed by atoms with Crippen LogP contribution in [0.5, 0.6) is 0 Å². The van der Waals surface area contributed by atoms with Gasteiger partial charge in [0.15, 0.2) is 11.4 Å². The molecular weight excluding hydrogens is 258 g/mol. The number of furan rings is 1. The van der Waals surface area contributed by atoms with Crippen molar-refractivity contribution in [2.75, 3.05) is 17.3 Å². The molecule has 0 aliphatic carbocycles. The van der Waals surface area contributed by atoms with E-state index in [1.165, 1.54) is 0 Å². The predicted octanol–water partition coefficient (Wildman–Crippen LogP) is 3.54. The molecule has 0 aliphatic rings. The van der Waals surface area contributed by atoms with Crippen LogP contribution in [0.1, 0.15) is 6.92 Å². The number of hydrogen-bond acceptors (Lipinski definition) is 5. The monoisotopic (exact) mass is 273 g/mol. The molecule has 3 rings (SSSR count). The number of anilines is 1. The van der Waals surface area contributed by atoms with Crippen LogP contribution in [-0.4, -0.2) is 28.0 Å². The zero-order valence-corrected chi connectivity index (χ0v) is 11.7. The summed E-state index contributed by atoms with van der Waals surface area (Å²) in [7, 11) is 0. The van der Waals surface area contributed by atoms with Crippen molar-refractivity contribution in [2.45, 2.75) is 13.0 Å². The van der Waals surface area contributed by atoms with Crippen molar-refractivity contribution in [1.82, 2.24) is 9.97 Å². The Kier molecular flexibility index (Phi) is 3.29. The highest BCUT2D eigenvalue weighted by atomic mass is 32.2. The van der Waals surface area contributed by atoms with Gasteiger partial charge in [0.05, 0.1) is 0 Å². The lowest BCUT2D eigenvalue weighted by atomic mass is 10.2. The molecule has 4 nitrogen and oxygen atoms in total. The van der Waals surface area contributed by atoms with Crippen molar-refractivity contribution in [3.63, 3.8) is 0 Å². The lowest BCUT2D eigenvalue weighted by Gasteiger charge is -2.12. The highest BCUT2D eigenvalue weighted by Crippen LogP contribution is 2.30. The summed E-state index contributed by atoms with van der Waals surface area (Å²) < 4.78 is 5.87. The Labute approximate surface area is 115 Å². The van der Waals surface area contributed by atoms with Crippen LogP contribution in [0.3, 0.4) is 0 Å². The third-order valence-corrected chi connectivity index (χ3v) is 3.79. The molecule has 1 atom stereocenters. The van der Waals surface area contributed by atoms with Gasteiger partial charge in [-0.2, -0.15) is 11.8 Å². The zero-order valence-electron chi connectivity index (χ0n) is 10.9. The number of nitrogens with one attached hydrogen (secondary N) is 1. The van der Waals surface area contributed by atoms with Crippen LogP contribution in [0, 0.1) is 0 Å². The Morgan fingerprint density at radius 2 is 2.16 bits per heavy atom. The summed E-state index contributed by atoms with van der Waals surface area (Å²) in [6.07, 6.45) is 3.67. The minimum absolute atomic E-state index is 0.335. The minimum atomic E-state index is 0.335. The van der Waals surface area contributed by atoms with Gasteiger partial charge < -0.3 is 9.73 Å². The van der Waals surface area contributed by atoms with E-state index in [1.54, 1.807) is 18.1 Å². The maximum atomic E-state index is 5.87. The molecule has 0 spiro atoms. The molecule has 1 N–H and O–H groups in total. The van der Waals surface area contributed by atoms with Gasteiger partial charge in [0.2, 0.25) is 0 Å². The SMILES string of the molecule is CSCC(C)Nc1ncnc2c1oc1ccccc12. The average Bonchev–Trinajstić information content (AvgIpc) is 2.79. The van der Waals surface area contributed by atoms with E-state index in [9.17, 15) is 0 Å². The van der Waals surface area contributed by atoms with E-state index in [4.69, 9.17) is 4.42 Å². The number of para-hydroxylation sites is 1. The second kappa shape index (κ2) is 5.09. The predicted molar refractivity (Wildman–Crippen MR) is 80.8 cm³/mol. The van der Waals surface area contributed by atoms with Crippen LogP contribution in [-0.2, 0) is 0 Å². The molecule has 0 saturated heterocycles. The van der Waals surface area contributed by atoms with Crippen LogP contribution in [0.2, 0.25) is 0 Å². The molecule has 0 fully saturated rings. The van der Waals surface area contributed by atoms with Crippen LogP contribution >= 0.6 is 11.8 Å². The highest BCUT2D eigenvalue weighted by Gasteiger charge is 2.13. The average molecular weight is 273 g/mol. The topological polar surface area (TPSA) is 51.0 Å². The second-order valence-electron chi connectivity index (χ2n) is 4.50. The molecule has 0 radical (unpaired) electrons. The Morgan fingerprint density at radius 1 is 1.32 bits per heavy atom. The van der Waals surface area contributed by atoms with E-state index in [0.29, 0.717) is 6.04 Å². The molecule has 3 aromatic rings. The van der Waals surface area contributed by atoms with E-state index in [0.717, 1.165) is 33.6 Å². The zero-order chi connectivity index (χ0) is 13.2. The van der Waals surface area contributed by atoms with E-state index < -0.39 is 0 Å². The van der Waals surface area contributed by atoms with Crippen molar-refractivity contribution >= 4 is 39.6 Å². The van der Waals surface area contributed by atoms with Crippen molar-refractivity contribution in [1.29, 1.82) is 0 Å². The molecule has 19 heavy (non-hydrogen) atoms. The van der Waals surface area contributed by atoms with Gasteiger partial charge in [0, 0.05) is 17.2 Å². The summed E-state index contributed by atoms with van der Waals surface area (Å²) in [6.45, 7) is 2.13. The molecule has 1 aromatic carbocycles. The molecule has 0 aliphatic heterocycles. The first-order valence-corrected chi connectivity index (χ1v) is 7.56. The molecule has 0 amide bonds. The Bertz CT molecular complexity index is 710. The van der Waals surface area contributed by atoms with Gasteiger partial charge in [0.25, 0.3) is 0 Å². The van der Waals surface area contributed by atoms with E-state index in [2.05, 4.69) is 28.5 Å². The summed E-state index contributed by atoms with van der Waals surface area (Å²) in [6, 6.07) is 8.25. The summed E-state index contributed by atoms with van der Waals surface area (Å²) in [5, 5.41) is 4.41. The number of rotatable bonds is 4. The Hall–Kier alpha value is -1.75. The molecule has 1 unspecified atom stereocenters. The van der Waals surface area contributed by atoms with Crippen LogP contribution in [0.15, 0.2) is 35.0 Å². The second-order valence-corrected chi connectivity index (χ2v) is 5.41. The molecule has 2 aromatic heterocycles. The number of aromatic nitrogens is 2. The summed E-state index contributed by atoms with van der Waals surface area (Å²) in [4.78, 5) is 8.63. The van der Waals surface area contributed by atoms with Crippen molar-refractivity contribution in [3.8, 4) is 0 Å². The number of nitrogens with zero attached hydrogens (tertiary/aromatic N) is 2. The normalized spacial score (nSPS) is 12.9. The first-order valence-electron chi connectivity index (χ1n) is 6.17. The molecule has 2 heterocycles. The van der Waals surface area contributed by atoms with Gasteiger partial charge in [-0.3, -0.25) is 0 Å². The van der Waals surface area contributed by atoms with Gasteiger partial charge in [-0.15, -0.1) is 0 Å². The standard InChI is InChI=1S/C14H15N3OS/c1-9(7-19-2)17-14-13-12(15-8-16-14)10-5-3-4-6-11(10)18-13/h3-6,8-9H,7H2,1-2H3,(H,15,16,17). The lowest BCUT2D eigenvalue weighted by Crippen LogP contribution is -2.18. The van der Waals surface area contributed by atoms with Gasteiger partial charge in [-0.25, -0.2) is 9.97 Å². The van der Waals surface area contributed by atoms with Gasteiger partial charge in [-0.1, -0.05) is 12.1 Å². The van der Waals surface area contributed by atoms with Crippen LogP contribution in [0.4, 0.5) is 5.82 Å². The minimum Gasteiger partial charge on any atom is -0.450 e. The smallest absolute Gasteiger partial charge is 0.196 e. The highest BCUT2D eigenvalue weighted by molar-refractivity contribution is 7.98. The first kappa shape index (κ1) is 12.3. The first-order chi connectivity index (χ1) is 9.29. The number of benzene rings is 1. The van der Waals surface area contributed by atoms with Crippen LogP contribution in [0.25, 0.3) is 22.1 Å². The summed E-state index contributed by atoms with van der Waals surface area (Å²) >= 11 is 1.80. The van der Waals surface area contributed by atoms with Gasteiger partial charge in [-0.05, 0) is 25.3 Å². The lowest BCUT2D eigenvalue weighted by molar-refractivity contribution is 0.665. The third kappa shape index (κ3) is 2.26.